The maximum atomic E-state index is 10.4. The predicted molar refractivity (Wildman–Crippen MR) is 42.5 cm³/mol. The Morgan fingerprint density at radius 2 is 2.17 bits per heavy atom. The summed E-state index contributed by atoms with van der Waals surface area (Å²) in [7, 11) is -3.78. The van der Waals surface area contributed by atoms with E-state index in [0.717, 1.165) is 0 Å². The van der Waals surface area contributed by atoms with Crippen molar-refractivity contribution < 1.29 is 18.3 Å². The topological polar surface area (TPSA) is 109 Å². The normalized spacial score (nSPS) is 14.2. The SMILES string of the molecule is CC[C@H](CNS(N)(=O)=O)C(=O)O. The third kappa shape index (κ3) is 5.05. The fourth-order valence-electron chi connectivity index (χ4n) is 0.623. The molecule has 0 spiro atoms. The second-order valence-electron chi connectivity index (χ2n) is 2.34. The van der Waals surface area contributed by atoms with Gasteiger partial charge >= 0.3 is 5.97 Å². The minimum Gasteiger partial charge on any atom is -0.481 e. The lowest BCUT2D eigenvalue weighted by molar-refractivity contribution is -0.141. The van der Waals surface area contributed by atoms with Crippen LogP contribution in [-0.2, 0) is 15.0 Å². The Morgan fingerprint density at radius 1 is 1.67 bits per heavy atom. The molecule has 0 saturated heterocycles. The molecular weight excluding hydrogens is 184 g/mol. The van der Waals surface area contributed by atoms with Crippen LogP contribution in [0.15, 0.2) is 0 Å². The van der Waals surface area contributed by atoms with E-state index in [1.54, 1.807) is 6.92 Å². The van der Waals surface area contributed by atoms with Crippen molar-refractivity contribution in [3.63, 3.8) is 0 Å². The number of hydrogen-bond acceptors (Lipinski definition) is 3. The molecule has 0 saturated carbocycles. The molecule has 7 heteroatoms. The quantitative estimate of drug-likeness (QED) is 0.518. The summed E-state index contributed by atoms with van der Waals surface area (Å²) in [6, 6.07) is 0. The standard InChI is InChI=1S/C5H12N2O4S/c1-2-4(5(8)9)3-7-12(6,10)11/h4,7H,2-3H2,1H3,(H,8,9)(H2,6,10,11)/t4-/m1/s1. The van der Waals surface area contributed by atoms with Crippen LogP contribution < -0.4 is 9.86 Å². The zero-order chi connectivity index (χ0) is 9.78. The van der Waals surface area contributed by atoms with E-state index in [1.165, 1.54) is 0 Å². The lowest BCUT2D eigenvalue weighted by atomic mass is 10.1. The first-order chi connectivity index (χ1) is 5.37. The summed E-state index contributed by atoms with van der Waals surface area (Å²) in [5.41, 5.74) is 0. The van der Waals surface area contributed by atoms with Crippen LogP contribution in [0.2, 0.25) is 0 Å². The second kappa shape index (κ2) is 4.39. The van der Waals surface area contributed by atoms with Crippen molar-refractivity contribution in [3.05, 3.63) is 0 Å². The van der Waals surface area contributed by atoms with Gasteiger partial charge in [0.25, 0.3) is 10.2 Å². The third-order valence-electron chi connectivity index (χ3n) is 1.37. The van der Waals surface area contributed by atoms with Crippen molar-refractivity contribution in [3.8, 4) is 0 Å². The molecule has 0 aliphatic rings. The molecule has 0 unspecified atom stereocenters. The summed E-state index contributed by atoms with van der Waals surface area (Å²) < 4.78 is 22.6. The fourth-order valence-corrected chi connectivity index (χ4v) is 1.06. The summed E-state index contributed by atoms with van der Waals surface area (Å²) in [5.74, 6) is -1.75. The average Bonchev–Trinajstić information content (AvgIpc) is 1.85. The molecule has 6 nitrogen and oxygen atoms in total. The molecule has 0 heterocycles. The highest BCUT2D eigenvalue weighted by atomic mass is 32.2. The van der Waals surface area contributed by atoms with Gasteiger partial charge in [0.2, 0.25) is 0 Å². The van der Waals surface area contributed by atoms with Crippen LogP contribution >= 0.6 is 0 Å². The molecule has 0 aliphatic heterocycles. The maximum Gasteiger partial charge on any atom is 0.307 e. The maximum absolute atomic E-state index is 10.4. The number of carboxylic acids is 1. The van der Waals surface area contributed by atoms with Gasteiger partial charge in [0.05, 0.1) is 5.92 Å². The predicted octanol–water partition coefficient (Wildman–Crippen LogP) is -1.11. The van der Waals surface area contributed by atoms with Gasteiger partial charge in [-0.25, -0.2) is 9.86 Å². The lowest BCUT2D eigenvalue weighted by Crippen LogP contribution is -2.36. The van der Waals surface area contributed by atoms with Gasteiger partial charge in [0, 0.05) is 6.54 Å². The van der Waals surface area contributed by atoms with Gasteiger partial charge in [-0.3, -0.25) is 4.79 Å². The first kappa shape index (κ1) is 11.3. The van der Waals surface area contributed by atoms with Gasteiger partial charge in [-0.1, -0.05) is 6.92 Å². The molecule has 0 radical (unpaired) electrons. The average molecular weight is 196 g/mol. The second-order valence-corrected chi connectivity index (χ2v) is 3.72. The Labute approximate surface area is 70.9 Å². The molecule has 0 amide bonds. The van der Waals surface area contributed by atoms with Crippen LogP contribution in [0, 0.1) is 5.92 Å². The van der Waals surface area contributed by atoms with E-state index in [9.17, 15) is 13.2 Å². The number of carboxylic acid groups (broad SMARTS) is 1. The molecule has 0 aromatic rings. The highest BCUT2D eigenvalue weighted by Gasteiger charge is 2.16. The van der Waals surface area contributed by atoms with Crippen molar-refractivity contribution in [2.45, 2.75) is 13.3 Å². The summed E-state index contributed by atoms with van der Waals surface area (Å²) in [5, 5.41) is 13.1. The van der Waals surface area contributed by atoms with E-state index < -0.39 is 22.1 Å². The zero-order valence-electron chi connectivity index (χ0n) is 6.65. The number of carbonyl (C=O) groups is 1. The number of hydrogen-bond donors (Lipinski definition) is 3. The number of rotatable bonds is 5. The minimum atomic E-state index is -3.78. The van der Waals surface area contributed by atoms with Gasteiger partial charge in [-0.15, -0.1) is 0 Å². The monoisotopic (exact) mass is 196 g/mol. The largest absolute Gasteiger partial charge is 0.481 e. The van der Waals surface area contributed by atoms with E-state index in [-0.39, 0.29) is 6.54 Å². The van der Waals surface area contributed by atoms with Gasteiger partial charge < -0.3 is 5.11 Å². The Balaban J connectivity index is 3.98. The Morgan fingerprint density at radius 3 is 2.42 bits per heavy atom. The highest BCUT2D eigenvalue weighted by molar-refractivity contribution is 7.87. The van der Waals surface area contributed by atoms with E-state index in [0.29, 0.717) is 6.42 Å². The van der Waals surface area contributed by atoms with Crippen molar-refractivity contribution in [2.24, 2.45) is 11.1 Å². The number of aliphatic carboxylic acids is 1. The van der Waals surface area contributed by atoms with Gasteiger partial charge in [0.1, 0.15) is 0 Å². The van der Waals surface area contributed by atoms with Crippen LogP contribution in [-0.4, -0.2) is 26.0 Å². The minimum absolute atomic E-state index is 0.162. The molecule has 0 fully saturated rings. The van der Waals surface area contributed by atoms with E-state index in [4.69, 9.17) is 5.11 Å². The summed E-state index contributed by atoms with van der Waals surface area (Å²) in [6.07, 6.45) is 0.359. The number of nitrogens with one attached hydrogen (secondary N) is 1. The van der Waals surface area contributed by atoms with Crippen molar-refractivity contribution in [1.29, 1.82) is 0 Å². The number of nitrogens with two attached hydrogens (primary N) is 1. The third-order valence-corrected chi connectivity index (χ3v) is 1.94. The Hall–Kier alpha value is -0.660. The zero-order valence-corrected chi connectivity index (χ0v) is 7.47. The summed E-state index contributed by atoms with van der Waals surface area (Å²) in [4.78, 5) is 10.4. The summed E-state index contributed by atoms with van der Waals surface area (Å²) in [6.45, 7) is 1.49. The Bertz CT molecular complexity index is 248. The molecule has 0 aromatic carbocycles. The molecule has 0 rings (SSSR count). The van der Waals surface area contributed by atoms with Crippen LogP contribution in [0.1, 0.15) is 13.3 Å². The lowest BCUT2D eigenvalue weighted by Gasteiger charge is -2.08. The summed E-state index contributed by atoms with van der Waals surface area (Å²) >= 11 is 0. The van der Waals surface area contributed by atoms with Gasteiger partial charge in [-0.2, -0.15) is 8.42 Å². The molecule has 72 valence electrons. The van der Waals surface area contributed by atoms with Crippen LogP contribution in [0.5, 0.6) is 0 Å². The van der Waals surface area contributed by atoms with Crippen molar-refractivity contribution in [2.75, 3.05) is 6.54 Å². The van der Waals surface area contributed by atoms with Gasteiger partial charge in [-0.05, 0) is 6.42 Å². The Kier molecular flexibility index (Phi) is 4.15. The van der Waals surface area contributed by atoms with Crippen LogP contribution in [0.25, 0.3) is 0 Å². The first-order valence-electron chi connectivity index (χ1n) is 3.37. The van der Waals surface area contributed by atoms with Crippen molar-refractivity contribution in [1.82, 2.24) is 4.72 Å². The van der Waals surface area contributed by atoms with Gasteiger partial charge in [0.15, 0.2) is 0 Å². The van der Waals surface area contributed by atoms with Crippen LogP contribution in [0.3, 0.4) is 0 Å². The molecule has 4 N–H and O–H groups in total. The molecular formula is C5H12N2O4S. The van der Waals surface area contributed by atoms with Crippen LogP contribution in [0.4, 0.5) is 0 Å². The smallest absolute Gasteiger partial charge is 0.307 e. The molecule has 1 atom stereocenters. The van der Waals surface area contributed by atoms with E-state index >= 15 is 0 Å². The molecule has 0 aromatic heterocycles. The highest BCUT2D eigenvalue weighted by Crippen LogP contribution is 2.00. The molecule has 12 heavy (non-hydrogen) atoms. The molecule has 0 bridgehead atoms. The fraction of sp³-hybridized carbons (Fsp3) is 0.800. The van der Waals surface area contributed by atoms with Crippen molar-refractivity contribution >= 4 is 16.2 Å². The first-order valence-corrected chi connectivity index (χ1v) is 4.91. The molecule has 0 aliphatic carbocycles. The van der Waals surface area contributed by atoms with E-state index in [2.05, 4.69) is 5.14 Å². The van der Waals surface area contributed by atoms with E-state index in [1.807, 2.05) is 4.72 Å².